The highest BCUT2D eigenvalue weighted by molar-refractivity contribution is 7.14. The summed E-state index contributed by atoms with van der Waals surface area (Å²) in [7, 11) is 0. The number of anilines is 1. The highest BCUT2D eigenvalue weighted by Crippen LogP contribution is 2.19. The summed E-state index contributed by atoms with van der Waals surface area (Å²) < 4.78 is 0. The second-order valence-electron chi connectivity index (χ2n) is 3.49. The fourth-order valence-electron chi connectivity index (χ4n) is 1.26. The number of nitrogens with one attached hydrogen (secondary N) is 1. The molecule has 0 aliphatic rings. The number of aromatic nitrogens is 1. The Morgan fingerprint density at radius 2 is 2.17 bits per heavy atom. The second kappa shape index (κ2) is 5.70. The topological polar surface area (TPSA) is 59.1 Å². The van der Waals surface area contributed by atoms with E-state index in [9.17, 15) is 9.59 Å². The van der Waals surface area contributed by atoms with Gasteiger partial charge in [0.15, 0.2) is 11.4 Å². The van der Waals surface area contributed by atoms with Crippen LogP contribution < -0.4 is 5.32 Å². The summed E-state index contributed by atoms with van der Waals surface area (Å²) in [6.45, 7) is 1.45. The number of hydrogen-bond donors (Lipinski definition) is 1. The van der Waals surface area contributed by atoms with E-state index in [1.54, 1.807) is 5.38 Å². The van der Waals surface area contributed by atoms with Crippen LogP contribution in [0.2, 0.25) is 0 Å². The largest absolute Gasteiger partial charge is 0.302 e. The van der Waals surface area contributed by atoms with Crippen LogP contribution in [0.25, 0.3) is 12.2 Å². The molecule has 0 fully saturated rings. The number of carbonyl (C=O) groups is 2. The van der Waals surface area contributed by atoms with E-state index in [1.165, 1.54) is 29.6 Å². The standard InChI is InChI=1S/C12H10N2O2S2/c1-8(16)13-12-14-10(7-18-12)2-3-11-4-9(5-15)6-17-11/h2-7H,1H3,(H,13,14,16). The molecule has 4 nitrogen and oxygen atoms in total. The lowest BCUT2D eigenvalue weighted by molar-refractivity contribution is -0.114. The van der Waals surface area contributed by atoms with Crippen LogP contribution in [0.15, 0.2) is 16.8 Å². The average Bonchev–Trinajstić information content (AvgIpc) is 2.94. The molecule has 0 atom stereocenters. The summed E-state index contributed by atoms with van der Waals surface area (Å²) >= 11 is 2.87. The number of thiazole rings is 1. The van der Waals surface area contributed by atoms with Crippen LogP contribution in [0.3, 0.4) is 0 Å². The summed E-state index contributed by atoms with van der Waals surface area (Å²) in [4.78, 5) is 26.6. The van der Waals surface area contributed by atoms with E-state index in [1.807, 2.05) is 23.6 Å². The fraction of sp³-hybridized carbons (Fsp3) is 0.0833. The zero-order valence-corrected chi connectivity index (χ0v) is 11.2. The summed E-state index contributed by atoms with van der Waals surface area (Å²) in [5.41, 5.74) is 1.46. The van der Waals surface area contributed by atoms with E-state index in [0.717, 1.165) is 16.9 Å². The number of aldehydes is 1. The molecule has 2 rings (SSSR count). The van der Waals surface area contributed by atoms with Gasteiger partial charge in [0.1, 0.15) is 0 Å². The van der Waals surface area contributed by atoms with Gasteiger partial charge in [-0.1, -0.05) is 0 Å². The van der Waals surface area contributed by atoms with Crippen molar-refractivity contribution in [2.75, 3.05) is 5.32 Å². The Labute approximate surface area is 112 Å². The van der Waals surface area contributed by atoms with Gasteiger partial charge in [-0.05, 0) is 18.2 Å². The maximum atomic E-state index is 10.8. The molecule has 2 aromatic heterocycles. The molecule has 0 unspecified atom stereocenters. The molecule has 2 aromatic rings. The monoisotopic (exact) mass is 278 g/mol. The summed E-state index contributed by atoms with van der Waals surface area (Å²) in [6.07, 6.45) is 4.57. The van der Waals surface area contributed by atoms with E-state index < -0.39 is 0 Å². The third-order valence-electron chi connectivity index (χ3n) is 2.00. The Balaban J connectivity index is 2.06. The molecular formula is C12H10N2O2S2. The Hall–Kier alpha value is -1.79. The highest BCUT2D eigenvalue weighted by atomic mass is 32.1. The van der Waals surface area contributed by atoms with Crippen molar-refractivity contribution >= 4 is 52.2 Å². The third-order valence-corrected chi connectivity index (χ3v) is 3.69. The van der Waals surface area contributed by atoms with Crippen molar-refractivity contribution in [2.45, 2.75) is 6.92 Å². The first-order valence-electron chi connectivity index (χ1n) is 5.12. The van der Waals surface area contributed by atoms with E-state index in [-0.39, 0.29) is 5.91 Å². The lowest BCUT2D eigenvalue weighted by Crippen LogP contribution is -2.04. The molecule has 0 aliphatic carbocycles. The van der Waals surface area contributed by atoms with Gasteiger partial charge in [0.05, 0.1) is 5.69 Å². The zero-order valence-electron chi connectivity index (χ0n) is 9.54. The second-order valence-corrected chi connectivity index (χ2v) is 5.29. The molecule has 0 aliphatic heterocycles. The number of carbonyl (C=O) groups excluding carboxylic acids is 2. The molecule has 0 spiro atoms. The van der Waals surface area contributed by atoms with Crippen LogP contribution in [0, 0.1) is 0 Å². The van der Waals surface area contributed by atoms with E-state index >= 15 is 0 Å². The van der Waals surface area contributed by atoms with Gasteiger partial charge in [0.25, 0.3) is 0 Å². The minimum absolute atomic E-state index is 0.131. The van der Waals surface area contributed by atoms with Crippen molar-refractivity contribution in [3.63, 3.8) is 0 Å². The molecule has 0 saturated heterocycles. The lowest BCUT2D eigenvalue weighted by Gasteiger charge is -1.92. The van der Waals surface area contributed by atoms with Gasteiger partial charge >= 0.3 is 0 Å². The van der Waals surface area contributed by atoms with Crippen LogP contribution in [-0.2, 0) is 4.79 Å². The van der Waals surface area contributed by atoms with Crippen molar-refractivity contribution in [3.05, 3.63) is 33.0 Å². The van der Waals surface area contributed by atoms with Crippen molar-refractivity contribution in [3.8, 4) is 0 Å². The predicted octanol–water partition coefficient (Wildman–Crippen LogP) is 3.15. The van der Waals surface area contributed by atoms with Crippen LogP contribution in [0.5, 0.6) is 0 Å². The SMILES string of the molecule is CC(=O)Nc1nc(C=Cc2cc(C=O)cs2)cs1. The van der Waals surface area contributed by atoms with Crippen LogP contribution in [0.4, 0.5) is 5.13 Å². The third kappa shape index (κ3) is 3.35. The Morgan fingerprint density at radius 3 is 2.83 bits per heavy atom. The maximum absolute atomic E-state index is 10.8. The Kier molecular flexibility index (Phi) is 4.01. The summed E-state index contributed by atoms with van der Waals surface area (Å²) in [6, 6.07) is 1.81. The molecule has 1 N–H and O–H groups in total. The minimum atomic E-state index is -0.131. The molecule has 2 heterocycles. The molecule has 0 bridgehead atoms. The van der Waals surface area contributed by atoms with Crippen molar-refractivity contribution in [1.29, 1.82) is 0 Å². The zero-order chi connectivity index (χ0) is 13.0. The van der Waals surface area contributed by atoms with E-state index in [4.69, 9.17) is 0 Å². The molecule has 0 aromatic carbocycles. The molecule has 1 amide bonds. The molecule has 92 valence electrons. The number of nitrogens with zero attached hydrogens (tertiary/aromatic N) is 1. The van der Waals surface area contributed by atoms with Crippen LogP contribution >= 0.6 is 22.7 Å². The van der Waals surface area contributed by atoms with Gasteiger partial charge in [-0.25, -0.2) is 4.98 Å². The summed E-state index contributed by atoms with van der Waals surface area (Å²) in [5.74, 6) is -0.131. The van der Waals surface area contributed by atoms with Crippen molar-refractivity contribution in [2.24, 2.45) is 0 Å². The number of hydrogen-bond acceptors (Lipinski definition) is 5. The average molecular weight is 278 g/mol. The van der Waals surface area contributed by atoms with Gasteiger partial charge in [-0.3, -0.25) is 9.59 Å². The van der Waals surface area contributed by atoms with E-state index in [0.29, 0.717) is 10.7 Å². The smallest absolute Gasteiger partial charge is 0.223 e. The number of thiophene rings is 1. The maximum Gasteiger partial charge on any atom is 0.223 e. The number of amides is 1. The normalized spacial score (nSPS) is 10.7. The molecule has 0 saturated carbocycles. The van der Waals surface area contributed by atoms with Crippen molar-refractivity contribution < 1.29 is 9.59 Å². The first kappa shape index (κ1) is 12.7. The van der Waals surface area contributed by atoms with Crippen LogP contribution in [0.1, 0.15) is 27.9 Å². The van der Waals surface area contributed by atoms with Gasteiger partial charge in [0.2, 0.25) is 5.91 Å². The fourth-order valence-corrected chi connectivity index (χ4v) is 2.73. The number of rotatable bonds is 4. The molecular weight excluding hydrogens is 268 g/mol. The van der Waals surface area contributed by atoms with Gasteiger partial charge < -0.3 is 5.32 Å². The molecule has 18 heavy (non-hydrogen) atoms. The predicted molar refractivity (Wildman–Crippen MR) is 75.1 cm³/mol. The minimum Gasteiger partial charge on any atom is -0.302 e. The van der Waals surface area contributed by atoms with E-state index in [2.05, 4.69) is 10.3 Å². The van der Waals surface area contributed by atoms with Gasteiger partial charge in [-0.15, -0.1) is 22.7 Å². The Morgan fingerprint density at radius 1 is 1.33 bits per heavy atom. The summed E-state index contributed by atoms with van der Waals surface area (Å²) in [5, 5.41) is 6.87. The van der Waals surface area contributed by atoms with Gasteiger partial charge in [-0.2, -0.15) is 0 Å². The first-order chi connectivity index (χ1) is 8.67. The first-order valence-corrected chi connectivity index (χ1v) is 6.88. The molecule has 0 radical (unpaired) electrons. The molecule has 6 heteroatoms. The highest BCUT2D eigenvalue weighted by Gasteiger charge is 2.01. The van der Waals surface area contributed by atoms with Crippen LogP contribution in [-0.4, -0.2) is 17.2 Å². The quantitative estimate of drug-likeness (QED) is 0.874. The van der Waals surface area contributed by atoms with Crippen molar-refractivity contribution in [1.82, 2.24) is 4.98 Å². The lowest BCUT2D eigenvalue weighted by atomic mass is 10.3. The van der Waals surface area contributed by atoms with Gasteiger partial charge in [0, 0.05) is 28.1 Å². The Bertz CT molecular complexity index is 599.